The van der Waals surface area contributed by atoms with Gasteiger partial charge in [-0.3, -0.25) is 0 Å². The molecule has 0 aliphatic carbocycles. The molecule has 0 heterocycles. The molecule has 1 rings (SSSR count). The molecular weight excluding hydrogens is 249 g/mol. The van der Waals surface area contributed by atoms with E-state index in [0.717, 1.165) is 12.1 Å². The van der Waals surface area contributed by atoms with Crippen LogP contribution in [0.2, 0.25) is 0 Å². The Kier molecular flexibility index (Phi) is 4.76. The molecule has 2 N–H and O–H groups in total. The van der Waals surface area contributed by atoms with E-state index in [9.17, 15) is 14.3 Å². The first-order valence-corrected chi connectivity index (χ1v) is 5.72. The molecule has 0 bridgehead atoms. The lowest BCUT2D eigenvalue weighted by atomic mass is 10.2. The molecule has 1 aromatic carbocycles. The second-order valence-corrected chi connectivity index (χ2v) is 4.82. The molecule has 1 aromatic rings. The van der Waals surface area contributed by atoms with Crippen LogP contribution in [0.5, 0.6) is 5.75 Å². The normalized spacial score (nSPS) is 10.3. The second-order valence-electron chi connectivity index (χ2n) is 4.82. The highest BCUT2D eigenvalue weighted by Gasteiger charge is 2.14. The number of halogens is 1. The van der Waals surface area contributed by atoms with Gasteiger partial charge in [0.25, 0.3) is 0 Å². The maximum absolute atomic E-state index is 12.9. The molecule has 0 unspecified atom stereocenters. The second kappa shape index (κ2) is 6.10. The molecule has 0 saturated carbocycles. The highest BCUT2D eigenvalue weighted by atomic mass is 19.1. The third-order valence-electron chi connectivity index (χ3n) is 1.90. The average molecular weight is 265 g/mol. The van der Waals surface area contributed by atoms with Crippen LogP contribution in [0, 0.1) is 17.7 Å². The summed E-state index contributed by atoms with van der Waals surface area (Å²) in [6, 6.07) is 3.48. The van der Waals surface area contributed by atoms with Crippen molar-refractivity contribution < 1.29 is 19.0 Å². The summed E-state index contributed by atoms with van der Waals surface area (Å²) >= 11 is 0. The third kappa shape index (κ3) is 5.77. The standard InChI is InChI=1S/C14H16FNO3/c1-14(2,3)19-13(18)16-8-4-5-10-9-11(15)6-7-12(10)17/h6-7,9,17H,8H2,1-3H3,(H,16,18). The van der Waals surface area contributed by atoms with Crippen LogP contribution in [-0.4, -0.2) is 23.3 Å². The van der Waals surface area contributed by atoms with Gasteiger partial charge in [-0.25, -0.2) is 9.18 Å². The number of alkyl carbamates (subject to hydrolysis) is 1. The largest absolute Gasteiger partial charge is 0.507 e. The van der Waals surface area contributed by atoms with E-state index in [4.69, 9.17) is 4.74 Å². The number of amides is 1. The first kappa shape index (κ1) is 14.8. The van der Waals surface area contributed by atoms with Crippen LogP contribution in [-0.2, 0) is 4.74 Å². The van der Waals surface area contributed by atoms with Crippen molar-refractivity contribution in [3.63, 3.8) is 0 Å². The molecule has 0 saturated heterocycles. The number of nitrogens with one attached hydrogen (secondary N) is 1. The number of aromatic hydroxyl groups is 1. The molecule has 0 aromatic heterocycles. The van der Waals surface area contributed by atoms with Gasteiger partial charge in [0.1, 0.15) is 17.2 Å². The fourth-order valence-electron chi connectivity index (χ4n) is 1.18. The van der Waals surface area contributed by atoms with Crippen molar-refractivity contribution in [2.24, 2.45) is 0 Å². The van der Waals surface area contributed by atoms with Gasteiger partial charge in [0.2, 0.25) is 0 Å². The summed E-state index contributed by atoms with van der Waals surface area (Å²) in [7, 11) is 0. The van der Waals surface area contributed by atoms with Crippen molar-refractivity contribution in [3.8, 4) is 17.6 Å². The van der Waals surface area contributed by atoms with Crippen molar-refractivity contribution in [3.05, 3.63) is 29.6 Å². The third-order valence-corrected chi connectivity index (χ3v) is 1.90. The highest BCUT2D eigenvalue weighted by Crippen LogP contribution is 2.16. The Labute approximate surface area is 111 Å². The van der Waals surface area contributed by atoms with Crippen LogP contribution in [0.4, 0.5) is 9.18 Å². The summed E-state index contributed by atoms with van der Waals surface area (Å²) in [5, 5.41) is 11.8. The van der Waals surface area contributed by atoms with E-state index in [1.807, 2.05) is 0 Å². The molecule has 4 nitrogen and oxygen atoms in total. The van der Waals surface area contributed by atoms with Crippen LogP contribution in [0.25, 0.3) is 0 Å². The van der Waals surface area contributed by atoms with Crippen LogP contribution in [0.1, 0.15) is 26.3 Å². The Morgan fingerprint density at radius 3 is 2.79 bits per heavy atom. The lowest BCUT2D eigenvalue weighted by molar-refractivity contribution is 0.0535. The van der Waals surface area contributed by atoms with Crippen molar-refractivity contribution in [1.29, 1.82) is 0 Å². The molecule has 0 radical (unpaired) electrons. The van der Waals surface area contributed by atoms with E-state index < -0.39 is 17.5 Å². The maximum Gasteiger partial charge on any atom is 0.408 e. The van der Waals surface area contributed by atoms with Gasteiger partial charge in [0, 0.05) is 0 Å². The van der Waals surface area contributed by atoms with E-state index in [2.05, 4.69) is 17.2 Å². The molecule has 0 spiro atoms. The zero-order valence-electron chi connectivity index (χ0n) is 11.1. The topological polar surface area (TPSA) is 58.6 Å². The van der Waals surface area contributed by atoms with Gasteiger partial charge in [-0.15, -0.1) is 0 Å². The number of carbonyl (C=O) groups excluding carboxylic acids is 1. The maximum atomic E-state index is 12.9. The Morgan fingerprint density at radius 1 is 1.47 bits per heavy atom. The van der Waals surface area contributed by atoms with Gasteiger partial charge < -0.3 is 15.2 Å². The number of phenols is 1. The minimum Gasteiger partial charge on any atom is -0.507 e. The lowest BCUT2D eigenvalue weighted by Gasteiger charge is -2.18. The summed E-state index contributed by atoms with van der Waals surface area (Å²) in [6.07, 6.45) is -0.578. The van der Waals surface area contributed by atoms with E-state index in [1.54, 1.807) is 20.8 Å². The quantitative estimate of drug-likeness (QED) is 0.767. The fraction of sp³-hybridized carbons (Fsp3) is 0.357. The fourth-order valence-corrected chi connectivity index (χ4v) is 1.18. The van der Waals surface area contributed by atoms with Crippen molar-refractivity contribution in [2.75, 3.05) is 6.54 Å². The Hall–Kier alpha value is -2.22. The van der Waals surface area contributed by atoms with Crippen LogP contribution in [0.15, 0.2) is 18.2 Å². The van der Waals surface area contributed by atoms with Gasteiger partial charge in [-0.05, 0) is 39.0 Å². The number of ether oxygens (including phenoxy) is 1. The molecule has 1 amide bonds. The number of benzene rings is 1. The summed E-state index contributed by atoms with van der Waals surface area (Å²) in [6.45, 7) is 5.31. The predicted molar refractivity (Wildman–Crippen MR) is 69.2 cm³/mol. The van der Waals surface area contributed by atoms with Crippen molar-refractivity contribution >= 4 is 6.09 Å². The van der Waals surface area contributed by atoms with E-state index in [-0.39, 0.29) is 17.9 Å². The van der Waals surface area contributed by atoms with E-state index in [0.29, 0.717) is 0 Å². The summed E-state index contributed by atoms with van der Waals surface area (Å²) in [4.78, 5) is 11.3. The summed E-state index contributed by atoms with van der Waals surface area (Å²) < 4.78 is 17.9. The Morgan fingerprint density at radius 2 is 2.16 bits per heavy atom. The molecule has 19 heavy (non-hydrogen) atoms. The van der Waals surface area contributed by atoms with Gasteiger partial charge in [-0.2, -0.15) is 0 Å². The average Bonchev–Trinajstić information content (AvgIpc) is 2.26. The van der Waals surface area contributed by atoms with Crippen LogP contribution in [0.3, 0.4) is 0 Å². The van der Waals surface area contributed by atoms with E-state index in [1.165, 1.54) is 6.07 Å². The zero-order chi connectivity index (χ0) is 14.5. The number of rotatable bonds is 1. The smallest absolute Gasteiger partial charge is 0.408 e. The zero-order valence-corrected chi connectivity index (χ0v) is 11.1. The number of carbonyl (C=O) groups is 1. The van der Waals surface area contributed by atoms with Gasteiger partial charge in [-0.1, -0.05) is 11.8 Å². The van der Waals surface area contributed by atoms with Crippen LogP contribution < -0.4 is 5.32 Å². The van der Waals surface area contributed by atoms with E-state index >= 15 is 0 Å². The molecular formula is C14H16FNO3. The summed E-state index contributed by atoms with van der Waals surface area (Å²) in [5.74, 6) is 4.57. The predicted octanol–water partition coefficient (Wildman–Crippen LogP) is 2.41. The lowest BCUT2D eigenvalue weighted by Crippen LogP contribution is -2.32. The SMILES string of the molecule is CC(C)(C)OC(=O)NCC#Cc1cc(F)ccc1O. The first-order valence-electron chi connectivity index (χ1n) is 5.72. The molecule has 5 heteroatoms. The van der Waals surface area contributed by atoms with Crippen molar-refractivity contribution in [1.82, 2.24) is 5.32 Å². The Bertz CT molecular complexity index is 524. The number of hydrogen-bond acceptors (Lipinski definition) is 3. The number of phenolic OH excluding ortho intramolecular Hbond substituents is 1. The Balaban J connectivity index is 2.52. The molecule has 0 aliphatic heterocycles. The van der Waals surface area contributed by atoms with Gasteiger partial charge in [0.05, 0.1) is 12.1 Å². The first-order chi connectivity index (χ1) is 8.78. The van der Waals surface area contributed by atoms with Crippen molar-refractivity contribution in [2.45, 2.75) is 26.4 Å². The minimum atomic E-state index is -0.578. The number of hydrogen-bond donors (Lipinski definition) is 2. The van der Waals surface area contributed by atoms with Crippen LogP contribution >= 0.6 is 0 Å². The van der Waals surface area contributed by atoms with Gasteiger partial charge in [0.15, 0.2) is 0 Å². The minimum absolute atomic E-state index is 0.0465. The molecule has 0 fully saturated rings. The van der Waals surface area contributed by atoms with Gasteiger partial charge >= 0.3 is 6.09 Å². The molecule has 0 aliphatic rings. The monoisotopic (exact) mass is 265 g/mol. The summed E-state index contributed by atoms with van der Waals surface area (Å²) in [5.41, 5.74) is -0.399. The highest BCUT2D eigenvalue weighted by molar-refractivity contribution is 5.68. The molecule has 102 valence electrons. The molecule has 0 atom stereocenters.